The maximum absolute atomic E-state index is 13.2. The van der Waals surface area contributed by atoms with Crippen molar-refractivity contribution in [3.63, 3.8) is 0 Å². The van der Waals surface area contributed by atoms with Crippen LogP contribution in [0.4, 0.5) is 0 Å². The molecule has 0 aliphatic carbocycles. The van der Waals surface area contributed by atoms with Gasteiger partial charge in [0.25, 0.3) is 0 Å². The van der Waals surface area contributed by atoms with Gasteiger partial charge in [-0.05, 0) is 56.6 Å². The van der Waals surface area contributed by atoms with Gasteiger partial charge in [0.05, 0.1) is 43.5 Å². The van der Waals surface area contributed by atoms with Crippen molar-refractivity contribution in [1.82, 2.24) is 0 Å². The number of hydrogen-bond acceptors (Lipinski definition) is 11. The molecule has 0 aromatic carbocycles. The normalized spacial score (nSPS) is 35.5. The van der Waals surface area contributed by atoms with E-state index in [9.17, 15) is 24.9 Å². The third kappa shape index (κ3) is 12.4. The second-order valence-corrected chi connectivity index (χ2v) is 16.0. The molecule has 11 heteroatoms. The van der Waals surface area contributed by atoms with Crippen LogP contribution in [0.15, 0.2) is 23.8 Å². The molecule has 2 fully saturated rings. The van der Waals surface area contributed by atoms with E-state index < -0.39 is 60.0 Å². The molecule has 3 aliphatic heterocycles. The predicted molar refractivity (Wildman–Crippen MR) is 189 cm³/mol. The van der Waals surface area contributed by atoms with Crippen molar-refractivity contribution in [3.05, 3.63) is 23.8 Å². The van der Waals surface area contributed by atoms with Gasteiger partial charge in [0.15, 0.2) is 12.4 Å². The van der Waals surface area contributed by atoms with E-state index in [-0.39, 0.29) is 56.3 Å². The van der Waals surface area contributed by atoms with E-state index in [0.29, 0.717) is 31.4 Å². The second-order valence-electron chi connectivity index (χ2n) is 16.0. The van der Waals surface area contributed by atoms with Gasteiger partial charge in [-0.1, -0.05) is 79.4 Å². The van der Waals surface area contributed by atoms with Gasteiger partial charge in [-0.15, -0.1) is 0 Å². The van der Waals surface area contributed by atoms with Crippen LogP contribution in [-0.2, 0) is 38.0 Å². The van der Waals surface area contributed by atoms with Crippen LogP contribution in [0.1, 0.15) is 132 Å². The van der Waals surface area contributed by atoms with Crippen molar-refractivity contribution in [2.45, 2.75) is 187 Å². The van der Waals surface area contributed by atoms with E-state index in [1.165, 1.54) is 6.92 Å². The van der Waals surface area contributed by atoms with Gasteiger partial charge in [0, 0.05) is 31.3 Å². The Kier molecular flexibility index (Phi) is 16.4. The van der Waals surface area contributed by atoms with Crippen molar-refractivity contribution < 1.29 is 53.3 Å². The lowest BCUT2D eigenvalue weighted by atomic mass is 9.74. The first-order chi connectivity index (χ1) is 23.5. The highest BCUT2D eigenvalue weighted by Gasteiger charge is 2.57. The van der Waals surface area contributed by atoms with Crippen molar-refractivity contribution >= 4 is 11.9 Å². The molecule has 11 nitrogen and oxygen atoms in total. The third-order valence-electron chi connectivity index (χ3n) is 10.2. The average molecular weight is 711 g/mol. The lowest BCUT2D eigenvalue weighted by Gasteiger charge is -2.51. The maximum Gasteiger partial charge on any atom is 0.308 e. The Hall–Kier alpha value is -1.86. The zero-order valence-corrected chi connectivity index (χ0v) is 31.9. The number of cyclic esters (lactones) is 1. The molecule has 0 spiro atoms. The maximum atomic E-state index is 13.2. The first kappa shape index (κ1) is 42.6. The van der Waals surface area contributed by atoms with Crippen LogP contribution in [-0.4, -0.2) is 95.3 Å². The first-order valence-corrected chi connectivity index (χ1v) is 18.9. The van der Waals surface area contributed by atoms with Gasteiger partial charge in [0.2, 0.25) is 5.79 Å². The van der Waals surface area contributed by atoms with Gasteiger partial charge in [-0.3, -0.25) is 9.59 Å². The Balaban J connectivity index is 1.98. The molecule has 0 radical (unpaired) electrons. The minimum absolute atomic E-state index is 0.0595. The second kappa shape index (κ2) is 19.3. The molecule has 1 unspecified atom stereocenters. The standard InChI is InChI=1S/C39H66O11/c1-9-11-12-13-14-15-33(42)49-36-27(10-2)22-30-24-31(26(3)40)48-34(43)23-28(41)17-20-45-32(37(4,5)6)25-29-18-21-46-35(47-29)16-19-38(7,8)39(36,44)50-30/h10,16,19,26,28-32,35-36,40-41,44H,9,11-15,17-18,20-25H2,1-8H3/b19-16+,27-10+/t26-,28-,29+,30?,31-,32+,35+,36+,39-/m1/s1. The molecule has 288 valence electrons. The quantitative estimate of drug-likeness (QED) is 0.153. The summed E-state index contributed by atoms with van der Waals surface area (Å²) in [6, 6.07) is 0. The number of carbonyl (C=O) groups excluding carboxylic acids is 2. The number of fused-ring (bicyclic) bond motifs is 4. The van der Waals surface area contributed by atoms with E-state index in [0.717, 1.165) is 25.7 Å². The summed E-state index contributed by atoms with van der Waals surface area (Å²) < 4.78 is 36.8. The van der Waals surface area contributed by atoms with E-state index in [2.05, 4.69) is 27.7 Å². The van der Waals surface area contributed by atoms with E-state index in [1.54, 1.807) is 26.0 Å². The average Bonchev–Trinajstić information content (AvgIpc) is 3.03. The highest BCUT2D eigenvalue weighted by molar-refractivity contribution is 5.70. The Morgan fingerprint density at radius 1 is 1.06 bits per heavy atom. The Bertz CT molecular complexity index is 1130. The van der Waals surface area contributed by atoms with Gasteiger partial charge in [-0.25, -0.2) is 0 Å². The van der Waals surface area contributed by atoms with Crippen molar-refractivity contribution in [2.24, 2.45) is 10.8 Å². The van der Waals surface area contributed by atoms with E-state index in [1.807, 2.05) is 13.0 Å². The molecule has 3 heterocycles. The van der Waals surface area contributed by atoms with Gasteiger partial charge < -0.3 is 43.7 Å². The molecule has 0 amide bonds. The van der Waals surface area contributed by atoms with Crippen molar-refractivity contribution in [3.8, 4) is 0 Å². The van der Waals surface area contributed by atoms with Crippen LogP contribution in [0.3, 0.4) is 0 Å². The predicted octanol–water partition coefficient (Wildman–Crippen LogP) is 6.06. The molecule has 3 N–H and O–H groups in total. The number of esters is 2. The monoisotopic (exact) mass is 710 g/mol. The van der Waals surface area contributed by atoms with Crippen molar-refractivity contribution in [1.29, 1.82) is 0 Å². The lowest BCUT2D eigenvalue weighted by Crippen LogP contribution is -2.62. The highest BCUT2D eigenvalue weighted by Crippen LogP contribution is 2.47. The summed E-state index contributed by atoms with van der Waals surface area (Å²) in [4.78, 5) is 26.2. The van der Waals surface area contributed by atoms with Crippen LogP contribution in [0.25, 0.3) is 0 Å². The van der Waals surface area contributed by atoms with E-state index in [4.69, 9.17) is 28.4 Å². The largest absolute Gasteiger partial charge is 0.459 e. The molecule has 9 atom stereocenters. The summed E-state index contributed by atoms with van der Waals surface area (Å²) in [5.74, 6) is -3.12. The minimum Gasteiger partial charge on any atom is -0.459 e. The van der Waals surface area contributed by atoms with Gasteiger partial charge >= 0.3 is 11.9 Å². The fraction of sp³-hybridized carbons (Fsp3) is 0.846. The van der Waals surface area contributed by atoms with Crippen LogP contribution in [0.2, 0.25) is 0 Å². The highest BCUT2D eigenvalue weighted by atomic mass is 16.7. The first-order valence-electron chi connectivity index (χ1n) is 18.9. The molecule has 0 aromatic heterocycles. The fourth-order valence-corrected chi connectivity index (χ4v) is 6.78. The summed E-state index contributed by atoms with van der Waals surface area (Å²) in [5, 5.41) is 34.0. The van der Waals surface area contributed by atoms with Crippen LogP contribution in [0, 0.1) is 10.8 Å². The summed E-state index contributed by atoms with van der Waals surface area (Å²) in [6.07, 6.45) is 6.17. The zero-order chi connectivity index (χ0) is 37.1. The third-order valence-corrected chi connectivity index (χ3v) is 10.2. The summed E-state index contributed by atoms with van der Waals surface area (Å²) >= 11 is 0. The lowest BCUT2D eigenvalue weighted by molar-refractivity contribution is -0.327. The Morgan fingerprint density at radius 2 is 1.76 bits per heavy atom. The number of aliphatic hydroxyl groups is 3. The molecule has 3 rings (SSSR count). The topological polar surface area (TPSA) is 150 Å². The minimum atomic E-state index is -2.05. The van der Waals surface area contributed by atoms with Crippen molar-refractivity contribution in [2.75, 3.05) is 13.2 Å². The van der Waals surface area contributed by atoms with Gasteiger partial charge in [-0.2, -0.15) is 0 Å². The molecule has 50 heavy (non-hydrogen) atoms. The number of unbranched alkanes of at least 4 members (excludes halogenated alkanes) is 4. The Morgan fingerprint density at radius 3 is 2.42 bits per heavy atom. The Labute approximate surface area is 300 Å². The van der Waals surface area contributed by atoms with Gasteiger partial charge in [0.1, 0.15) is 6.10 Å². The number of rotatable bonds is 8. The summed E-state index contributed by atoms with van der Waals surface area (Å²) in [7, 11) is 0. The summed E-state index contributed by atoms with van der Waals surface area (Å²) in [5.41, 5.74) is -0.702. The fourth-order valence-electron chi connectivity index (χ4n) is 6.78. The van der Waals surface area contributed by atoms with Crippen LogP contribution < -0.4 is 0 Å². The molecule has 0 aromatic rings. The summed E-state index contributed by atoms with van der Waals surface area (Å²) in [6.45, 7) is 16.1. The van der Waals surface area contributed by atoms with Crippen LogP contribution >= 0.6 is 0 Å². The molecule has 0 saturated carbocycles. The molecule has 2 saturated heterocycles. The van der Waals surface area contributed by atoms with E-state index >= 15 is 0 Å². The molecular weight excluding hydrogens is 644 g/mol. The number of carbonyl (C=O) groups is 2. The number of allylic oxidation sites excluding steroid dienone is 1. The molecule has 3 aliphatic rings. The van der Waals surface area contributed by atoms with Crippen LogP contribution in [0.5, 0.6) is 0 Å². The zero-order valence-electron chi connectivity index (χ0n) is 31.9. The molecular formula is C39H66O11. The number of ether oxygens (including phenoxy) is 6. The molecule has 4 bridgehead atoms. The smallest absolute Gasteiger partial charge is 0.308 e. The SMILES string of the molecule is C/C=C1\CC2C[C@H]([C@@H](C)O)OC(=O)C[C@H](O)CCO[C@H](C(C)(C)C)C[C@@H]3CCO[C@H](/C=C/C(C)(C)[C@](O)(O2)[C@H]1OC(=O)CCCCCCC)O3. The number of aliphatic hydroxyl groups excluding tert-OH is 2. The number of hydrogen-bond donors (Lipinski definition) is 3.